The van der Waals surface area contributed by atoms with Crippen molar-refractivity contribution in [2.75, 3.05) is 31.1 Å². The maximum absolute atomic E-state index is 11.3. The molecule has 2 unspecified atom stereocenters. The number of hydrogen-bond donors (Lipinski definition) is 1. The van der Waals surface area contributed by atoms with Crippen molar-refractivity contribution in [3.63, 3.8) is 0 Å². The van der Waals surface area contributed by atoms with Crippen molar-refractivity contribution in [1.82, 2.24) is 4.90 Å². The first-order valence-electron chi connectivity index (χ1n) is 5.78. The summed E-state index contributed by atoms with van der Waals surface area (Å²) in [6.45, 7) is 1.84. The Bertz CT molecular complexity index is 447. The van der Waals surface area contributed by atoms with Gasteiger partial charge in [0.2, 0.25) is 0 Å². The van der Waals surface area contributed by atoms with Crippen LogP contribution in [0, 0.1) is 11.8 Å². The fourth-order valence-corrected chi connectivity index (χ4v) is 3.23. The molecule has 6 heteroatoms. The van der Waals surface area contributed by atoms with Gasteiger partial charge in [-0.1, -0.05) is 11.8 Å². The molecule has 0 radical (unpaired) electrons. The lowest BCUT2D eigenvalue weighted by Gasteiger charge is -2.31. The molecule has 0 saturated carbocycles. The minimum Gasteiger partial charge on any atom is -0.313 e. The summed E-state index contributed by atoms with van der Waals surface area (Å²) >= 11 is 0. The van der Waals surface area contributed by atoms with E-state index in [9.17, 15) is 8.42 Å². The Kier molecular flexibility index (Phi) is 3.82. The Labute approximate surface area is 102 Å². The molecule has 94 valence electrons. The van der Waals surface area contributed by atoms with Gasteiger partial charge in [-0.3, -0.25) is 9.89 Å². The van der Waals surface area contributed by atoms with Crippen LogP contribution in [0.3, 0.4) is 0 Å². The van der Waals surface area contributed by atoms with Crippen LogP contribution < -0.4 is 5.73 Å². The van der Waals surface area contributed by atoms with Gasteiger partial charge in [-0.05, 0) is 6.42 Å². The Hall–Kier alpha value is -0.900. The molecule has 0 aromatic heterocycles. The van der Waals surface area contributed by atoms with Gasteiger partial charge in [-0.25, -0.2) is 8.42 Å². The molecule has 2 aliphatic heterocycles. The summed E-state index contributed by atoms with van der Waals surface area (Å²) in [4.78, 5) is 6.31. The van der Waals surface area contributed by atoms with Crippen molar-refractivity contribution in [1.29, 1.82) is 0 Å². The predicted octanol–water partition coefficient (Wildman–Crippen LogP) is -1.11. The lowest BCUT2D eigenvalue weighted by atomic mass is 10.1. The zero-order valence-electron chi connectivity index (χ0n) is 9.67. The van der Waals surface area contributed by atoms with Gasteiger partial charge in [0.05, 0.1) is 17.5 Å². The van der Waals surface area contributed by atoms with Gasteiger partial charge in [0, 0.05) is 25.8 Å². The monoisotopic (exact) mass is 255 g/mol. The van der Waals surface area contributed by atoms with Crippen molar-refractivity contribution in [2.24, 2.45) is 10.7 Å². The Morgan fingerprint density at radius 3 is 2.71 bits per heavy atom. The molecule has 17 heavy (non-hydrogen) atoms. The second-order valence-corrected chi connectivity index (χ2v) is 6.67. The zero-order chi connectivity index (χ0) is 12.3. The summed E-state index contributed by atoms with van der Waals surface area (Å²) < 4.78 is 22.7. The van der Waals surface area contributed by atoms with Gasteiger partial charge in [0.25, 0.3) is 0 Å². The van der Waals surface area contributed by atoms with Crippen molar-refractivity contribution in [2.45, 2.75) is 18.5 Å². The number of nitrogens with zero attached hydrogens (tertiary/aromatic N) is 2. The molecule has 5 nitrogen and oxygen atoms in total. The van der Waals surface area contributed by atoms with E-state index in [0.29, 0.717) is 19.6 Å². The summed E-state index contributed by atoms with van der Waals surface area (Å²) in [6, 6.07) is -0.208. The summed E-state index contributed by atoms with van der Waals surface area (Å²) in [6.07, 6.45) is 2.51. The number of nitrogens with two attached hydrogens (primary N) is 1. The van der Waals surface area contributed by atoms with Crippen LogP contribution in [0.1, 0.15) is 6.42 Å². The summed E-state index contributed by atoms with van der Waals surface area (Å²) in [5.41, 5.74) is 5.70. The van der Waals surface area contributed by atoms with Crippen molar-refractivity contribution < 1.29 is 8.42 Å². The maximum atomic E-state index is 11.3. The fraction of sp³-hybridized carbons (Fsp3) is 0.727. The standard InChI is InChI=1S/C11H17N3O2S/c12-10-1-2-11(3-4-13-9-10)14-5-7-17(15,16)8-6-14/h9-11H,3-8,12H2/b13-9-. The molecule has 2 heterocycles. The highest BCUT2D eigenvalue weighted by Gasteiger charge is 2.26. The summed E-state index contributed by atoms with van der Waals surface area (Å²) in [5, 5.41) is 0. The van der Waals surface area contributed by atoms with Crippen LogP contribution in [0.5, 0.6) is 0 Å². The minimum atomic E-state index is -2.83. The molecular weight excluding hydrogens is 238 g/mol. The topological polar surface area (TPSA) is 75.8 Å². The van der Waals surface area contributed by atoms with E-state index in [-0.39, 0.29) is 23.6 Å². The molecule has 0 aromatic carbocycles. The van der Waals surface area contributed by atoms with E-state index in [1.165, 1.54) is 0 Å². The molecule has 0 bridgehead atoms. The second-order valence-electron chi connectivity index (χ2n) is 4.36. The molecule has 2 aliphatic rings. The number of aliphatic imine (C=N–C) groups is 1. The third-order valence-corrected chi connectivity index (χ3v) is 4.64. The summed E-state index contributed by atoms with van der Waals surface area (Å²) in [7, 11) is -2.83. The van der Waals surface area contributed by atoms with Crippen molar-refractivity contribution in [3.05, 3.63) is 0 Å². The average molecular weight is 255 g/mol. The van der Waals surface area contributed by atoms with E-state index < -0.39 is 9.84 Å². The molecule has 0 aromatic rings. The maximum Gasteiger partial charge on any atom is 0.152 e. The highest BCUT2D eigenvalue weighted by Crippen LogP contribution is 2.11. The smallest absolute Gasteiger partial charge is 0.152 e. The molecule has 2 atom stereocenters. The first-order chi connectivity index (χ1) is 8.07. The van der Waals surface area contributed by atoms with E-state index in [4.69, 9.17) is 5.73 Å². The number of sulfone groups is 1. The zero-order valence-corrected chi connectivity index (χ0v) is 10.5. The van der Waals surface area contributed by atoms with Gasteiger partial charge in [0.1, 0.15) is 6.04 Å². The van der Waals surface area contributed by atoms with Crippen LogP contribution >= 0.6 is 0 Å². The lowest BCUT2D eigenvalue weighted by molar-refractivity contribution is 0.247. The fourth-order valence-electron chi connectivity index (χ4n) is 2.00. The van der Waals surface area contributed by atoms with Crippen LogP contribution in [0.4, 0.5) is 0 Å². The number of rotatable bonds is 1. The van der Waals surface area contributed by atoms with Crippen LogP contribution in [0.2, 0.25) is 0 Å². The molecular formula is C11H17N3O2S. The highest BCUT2D eigenvalue weighted by molar-refractivity contribution is 7.91. The Balaban J connectivity index is 2.01. The molecule has 0 amide bonds. The van der Waals surface area contributed by atoms with Gasteiger partial charge >= 0.3 is 0 Å². The van der Waals surface area contributed by atoms with E-state index in [2.05, 4.69) is 21.7 Å². The SMILES string of the molecule is NC1C#CC(N2CCS(=O)(=O)CC2)CC/N=C\1. The first kappa shape index (κ1) is 12.6. The third kappa shape index (κ3) is 3.53. The normalized spacial score (nSPS) is 35.1. The van der Waals surface area contributed by atoms with E-state index in [1.54, 1.807) is 6.21 Å². The Morgan fingerprint density at radius 2 is 2.00 bits per heavy atom. The molecule has 0 aliphatic carbocycles. The van der Waals surface area contributed by atoms with Crippen LogP contribution in [-0.4, -0.2) is 62.8 Å². The highest BCUT2D eigenvalue weighted by atomic mass is 32.2. The molecule has 2 rings (SSSR count). The molecule has 1 saturated heterocycles. The van der Waals surface area contributed by atoms with Crippen LogP contribution in [-0.2, 0) is 9.84 Å². The lowest BCUT2D eigenvalue weighted by Crippen LogP contribution is -2.46. The minimum absolute atomic E-state index is 0.0917. The van der Waals surface area contributed by atoms with Crippen LogP contribution in [0.15, 0.2) is 4.99 Å². The summed E-state index contributed by atoms with van der Waals surface area (Å²) in [5.74, 6) is 6.55. The quantitative estimate of drug-likeness (QED) is 0.603. The van der Waals surface area contributed by atoms with E-state index in [1.807, 2.05) is 0 Å². The molecule has 2 N–H and O–H groups in total. The van der Waals surface area contributed by atoms with Gasteiger partial charge in [-0.2, -0.15) is 0 Å². The van der Waals surface area contributed by atoms with Crippen molar-refractivity contribution in [3.8, 4) is 11.8 Å². The van der Waals surface area contributed by atoms with E-state index in [0.717, 1.165) is 6.42 Å². The third-order valence-electron chi connectivity index (χ3n) is 3.03. The second kappa shape index (κ2) is 5.17. The van der Waals surface area contributed by atoms with Crippen LogP contribution in [0.25, 0.3) is 0 Å². The van der Waals surface area contributed by atoms with E-state index >= 15 is 0 Å². The van der Waals surface area contributed by atoms with Crippen molar-refractivity contribution >= 4 is 16.1 Å². The average Bonchev–Trinajstić information content (AvgIpc) is 2.25. The first-order valence-corrected chi connectivity index (χ1v) is 7.60. The molecule has 0 spiro atoms. The largest absolute Gasteiger partial charge is 0.313 e. The predicted molar refractivity (Wildman–Crippen MR) is 67.7 cm³/mol. The molecule has 1 fully saturated rings. The number of hydrogen-bond acceptors (Lipinski definition) is 5. The van der Waals surface area contributed by atoms with Gasteiger partial charge < -0.3 is 5.73 Å². The van der Waals surface area contributed by atoms with Gasteiger partial charge in [0.15, 0.2) is 9.84 Å². The Morgan fingerprint density at radius 1 is 1.29 bits per heavy atom. The van der Waals surface area contributed by atoms with Gasteiger partial charge in [-0.15, -0.1) is 0 Å².